The first-order valence-corrected chi connectivity index (χ1v) is 11.2. The Morgan fingerprint density at radius 1 is 0.969 bits per heavy atom. The molecule has 0 aliphatic carbocycles. The van der Waals surface area contributed by atoms with Gasteiger partial charge in [-0.2, -0.15) is 0 Å². The van der Waals surface area contributed by atoms with Crippen LogP contribution in [-0.4, -0.2) is 16.9 Å². The third-order valence-corrected chi connectivity index (χ3v) is 6.30. The van der Waals surface area contributed by atoms with Crippen molar-refractivity contribution in [2.75, 3.05) is 0 Å². The van der Waals surface area contributed by atoms with Crippen LogP contribution in [0.15, 0.2) is 99.5 Å². The number of benzene rings is 3. The summed E-state index contributed by atoms with van der Waals surface area (Å²) in [6.45, 7) is 2.04. The second-order valence-corrected chi connectivity index (χ2v) is 8.78. The minimum Gasteiger partial charge on any atom is -0.402 e. The van der Waals surface area contributed by atoms with E-state index < -0.39 is 5.97 Å². The molecule has 5 rings (SSSR count). The fraction of sp³-hybridized carbons (Fsp3) is 0.0385. The summed E-state index contributed by atoms with van der Waals surface area (Å²) in [4.78, 5) is 22.9. The molecule has 0 bridgehead atoms. The predicted octanol–water partition coefficient (Wildman–Crippen LogP) is 6.69. The summed E-state index contributed by atoms with van der Waals surface area (Å²) in [5.41, 5.74) is 3.62. The number of rotatable bonds is 4. The van der Waals surface area contributed by atoms with Crippen LogP contribution in [0, 0.1) is 6.92 Å². The molecule has 1 aliphatic heterocycles. The number of hydrogen-bond donors (Lipinski definition) is 0. The van der Waals surface area contributed by atoms with E-state index in [4.69, 9.17) is 21.3 Å². The zero-order chi connectivity index (χ0) is 22.1. The average molecular weight is 457 g/mol. The van der Waals surface area contributed by atoms with Gasteiger partial charge < -0.3 is 4.74 Å². The topological polar surface area (TPSA) is 51.6 Å². The van der Waals surface area contributed by atoms with Crippen LogP contribution in [0.2, 0.25) is 5.02 Å². The number of aromatic nitrogens is 1. The summed E-state index contributed by atoms with van der Waals surface area (Å²) in [7, 11) is 0. The molecule has 0 amide bonds. The second-order valence-electron chi connectivity index (χ2n) is 7.31. The minimum atomic E-state index is -0.514. The number of aliphatic imine (C=N–C) groups is 1. The van der Waals surface area contributed by atoms with E-state index in [2.05, 4.69) is 11.1 Å². The third kappa shape index (κ3) is 4.17. The Balaban J connectivity index is 1.62. The monoisotopic (exact) mass is 456 g/mol. The number of aryl methyl sites for hydroxylation is 1. The van der Waals surface area contributed by atoms with Crippen molar-refractivity contribution >= 4 is 52.2 Å². The lowest BCUT2D eigenvalue weighted by molar-refractivity contribution is -0.129. The van der Waals surface area contributed by atoms with Crippen molar-refractivity contribution in [1.82, 2.24) is 4.98 Å². The van der Waals surface area contributed by atoms with Crippen LogP contribution in [0.4, 0.5) is 0 Å². The lowest BCUT2D eigenvalue weighted by Gasteiger charge is -2.08. The fourth-order valence-electron chi connectivity index (χ4n) is 3.39. The van der Waals surface area contributed by atoms with E-state index >= 15 is 0 Å². The number of esters is 1. The number of halogens is 1. The highest BCUT2D eigenvalue weighted by Crippen LogP contribution is 2.33. The first-order valence-electron chi connectivity index (χ1n) is 9.98. The maximum Gasteiger partial charge on any atom is 0.363 e. The van der Waals surface area contributed by atoms with Crippen LogP contribution in [0.25, 0.3) is 17.0 Å². The fourth-order valence-corrected chi connectivity index (χ4v) is 4.50. The van der Waals surface area contributed by atoms with Crippen molar-refractivity contribution in [3.05, 3.63) is 106 Å². The van der Waals surface area contributed by atoms with Gasteiger partial charge in [0.1, 0.15) is 5.03 Å². The lowest BCUT2D eigenvalue weighted by atomic mass is 10.1. The van der Waals surface area contributed by atoms with Gasteiger partial charge in [0, 0.05) is 15.8 Å². The Morgan fingerprint density at radius 3 is 2.56 bits per heavy atom. The number of cyclic esters (lactones) is 1. The van der Waals surface area contributed by atoms with Crippen LogP contribution in [-0.2, 0) is 9.53 Å². The second kappa shape index (κ2) is 8.61. The molecule has 156 valence electrons. The SMILES string of the molecule is Cc1ccc2nc(Sc3ccccc3)c(C=C3N=C(c4ccccc4Cl)OC3=O)cc2c1. The average Bonchev–Trinajstić information content (AvgIpc) is 3.15. The summed E-state index contributed by atoms with van der Waals surface area (Å²) in [5, 5.41) is 2.26. The van der Waals surface area contributed by atoms with Gasteiger partial charge in [-0.1, -0.05) is 65.3 Å². The van der Waals surface area contributed by atoms with Gasteiger partial charge in [0.05, 0.1) is 16.1 Å². The molecule has 1 aromatic heterocycles. The van der Waals surface area contributed by atoms with Crippen LogP contribution in [0.1, 0.15) is 16.7 Å². The normalized spacial score (nSPS) is 14.6. The Morgan fingerprint density at radius 2 is 1.75 bits per heavy atom. The molecule has 0 saturated carbocycles. The van der Waals surface area contributed by atoms with Crippen molar-refractivity contribution in [3.63, 3.8) is 0 Å². The van der Waals surface area contributed by atoms with E-state index in [9.17, 15) is 4.79 Å². The Bertz CT molecular complexity index is 1410. The van der Waals surface area contributed by atoms with Crippen molar-refractivity contribution < 1.29 is 9.53 Å². The number of pyridine rings is 1. The number of nitrogens with zero attached hydrogens (tertiary/aromatic N) is 2. The predicted molar refractivity (Wildman–Crippen MR) is 129 cm³/mol. The maximum atomic E-state index is 12.6. The Hall–Kier alpha value is -3.41. The number of hydrogen-bond acceptors (Lipinski definition) is 5. The standard InChI is InChI=1S/C26H17ClN2O2S/c1-16-11-12-22-17(13-16)14-18(25(29-22)32-19-7-3-2-4-8-19)15-23-26(30)31-24(28-23)20-9-5-6-10-21(20)27/h2-15H,1H3. The highest BCUT2D eigenvalue weighted by atomic mass is 35.5. The molecule has 0 spiro atoms. The first kappa shape index (κ1) is 20.5. The van der Waals surface area contributed by atoms with Gasteiger partial charge in [-0.3, -0.25) is 0 Å². The van der Waals surface area contributed by atoms with E-state index in [-0.39, 0.29) is 11.6 Å². The molecule has 0 radical (unpaired) electrons. The maximum absolute atomic E-state index is 12.6. The van der Waals surface area contributed by atoms with E-state index in [1.54, 1.807) is 30.0 Å². The van der Waals surface area contributed by atoms with E-state index in [0.29, 0.717) is 10.6 Å². The minimum absolute atomic E-state index is 0.203. The number of fused-ring (bicyclic) bond motifs is 1. The van der Waals surface area contributed by atoms with Crippen LogP contribution in [0.3, 0.4) is 0 Å². The molecule has 32 heavy (non-hydrogen) atoms. The van der Waals surface area contributed by atoms with E-state index in [1.165, 1.54) is 0 Å². The van der Waals surface area contributed by atoms with Crippen LogP contribution in [0.5, 0.6) is 0 Å². The number of ether oxygens (including phenoxy) is 1. The Kier molecular flexibility index (Phi) is 5.52. The molecule has 0 saturated heterocycles. The summed E-state index contributed by atoms with van der Waals surface area (Å²) in [6, 6.07) is 25.3. The summed E-state index contributed by atoms with van der Waals surface area (Å²) < 4.78 is 5.41. The van der Waals surface area contributed by atoms with Crippen molar-refractivity contribution in [1.29, 1.82) is 0 Å². The smallest absolute Gasteiger partial charge is 0.363 e. The molecular weight excluding hydrogens is 440 g/mol. The molecule has 1 aliphatic rings. The Labute approximate surface area is 194 Å². The number of carbonyl (C=O) groups excluding carboxylic acids is 1. The van der Waals surface area contributed by atoms with Crippen LogP contribution < -0.4 is 0 Å². The molecule has 0 atom stereocenters. The van der Waals surface area contributed by atoms with Gasteiger partial charge in [-0.15, -0.1) is 0 Å². The molecule has 6 heteroatoms. The van der Waals surface area contributed by atoms with Crippen molar-refractivity contribution in [2.45, 2.75) is 16.8 Å². The van der Waals surface area contributed by atoms with Crippen molar-refractivity contribution in [2.24, 2.45) is 4.99 Å². The van der Waals surface area contributed by atoms with Crippen LogP contribution >= 0.6 is 23.4 Å². The zero-order valence-corrected chi connectivity index (χ0v) is 18.7. The van der Waals surface area contributed by atoms with Gasteiger partial charge in [-0.25, -0.2) is 14.8 Å². The van der Waals surface area contributed by atoms with Crippen molar-refractivity contribution in [3.8, 4) is 0 Å². The molecule has 0 N–H and O–H groups in total. The first-order chi connectivity index (χ1) is 15.6. The van der Waals surface area contributed by atoms with Gasteiger partial charge in [-0.05, 0) is 55.5 Å². The molecule has 0 fully saturated rings. The largest absolute Gasteiger partial charge is 0.402 e. The summed E-state index contributed by atoms with van der Waals surface area (Å²) in [5.74, 6) is -0.311. The van der Waals surface area contributed by atoms with Gasteiger partial charge in [0.25, 0.3) is 0 Å². The molecule has 2 heterocycles. The summed E-state index contributed by atoms with van der Waals surface area (Å²) in [6.07, 6.45) is 1.73. The third-order valence-electron chi connectivity index (χ3n) is 4.94. The molecule has 4 aromatic rings. The quantitative estimate of drug-likeness (QED) is 0.253. The molecule has 4 nitrogen and oxygen atoms in total. The molecule has 3 aromatic carbocycles. The number of carbonyl (C=O) groups is 1. The highest BCUT2D eigenvalue weighted by molar-refractivity contribution is 7.99. The summed E-state index contributed by atoms with van der Waals surface area (Å²) >= 11 is 7.79. The van der Waals surface area contributed by atoms with Gasteiger partial charge in [0.15, 0.2) is 5.70 Å². The molecule has 0 unspecified atom stereocenters. The van der Waals surface area contributed by atoms with Gasteiger partial charge in [0.2, 0.25) is 5.90 Å². The molecular formula is C26H17ClN2O2S. The highest BCUT2D eigenvalue weighted by Gasteiger charge is 2.26. The van der Waals surface area contributed by atoms with E-state index in [0.717, 1.165) is 32.0 Å². The lowest BCUT2D eigenvalue weighted by Crippen LogP contribution is -2.05. The van der Waals surface area contributed by atoms with E-state index in [1.807, 2.05) is 67.6 Å². The van der Waals surface area contributed by atoms with Gasteiger partial charge >= 0.3 is 5.97 Å². The zero-order valence-electron chi connectivity index (χ0n) is 17.1.